The predicted octanol–water partition coefficient (Wildman–Crippen LogP) is 4.05. The van der Waals surface area contributed by atoms with Crippen molar-refractivity contribution in [1.82, 2.24) is 5.32 Å². The van der Waals surface area contributed by atoms with Crippen molar-refractivity contribution in [2.45, 2.75) is 12.8 Å². The third-order valence-electron chi connectivity index (χ3n) is 3.81. The van der Waals surface area contributed by atoms with Gasteiger partial charge in [0.25, 0.3) is 11.8 Å². The number of benzene rings is 2. The SMILES string of the molecule is COCCNC(=O)c1ccc(NC(=O)c2ccc(COCC(F)(F)F)cc2)cc1Cl. The summed E-state index contributed by atoms with van der Waals surface area (Å²) >= 11 is 6.13. The summed E-state index contributed by atoms with van der Waals surface area (Å²) in [6.07, 6.45) is -4.39. The van der Waals surface area contributed by atoms with Gasteiger partial charge >= 0.3 is 6.18 Å². The van der Waals surface area contributed by atoms with Crippen LogP contribution >= 0.6 is 11.6 Å². The summed E-state index contributed by atoms with van der Waals surface area (Å²) in [6, 6.07) is 10.4. The van der Waals surface area contributed by atoms with Crippen LogP contribution in [0.5, 0.6) is 0 Å². The van der Waals surface area contributed by atoms with Crippen molar-refractivity contribution in [1.29, 1.82) is 0 Å². The Bertz CT molecular complexity index is 873. The second-order valence-corrected chi connectivity index (χ2v) is 6.61. The number of carbonyl (C=O) groups excluding carboxylic acids is 2. The van der Waals surface area contributed by atoms with Gasteiger partial charge in [-0.2, -0.15) is 13.2 Å². The molecule has 2 amide bonds. The van der Waals surface area contributed by atoms with Crippen molar-refractivity contribution >= 4 is 29.1 Å². The summed E-state index contributed by atoms with van der Waals surface area (Å²) < 4.78 is 45.7. The second-order valence-electron chi connectivity index (χ2n) is 6.20. The molecule has 0 heterocycles. The minimum absolute atomic E-state index is 0.167. The van der Waals surface area contributed by atoms with E-state index in [1.54, 1.807) is 0 Å². The van der Waals surface area contributed by atoms with Crippen LogP contribution in [0, 0.1) is 0 Å². The molecule has 2 rings (SSSR count). The largest absolute Gasteiger partial charge is 0.411 e. The number of amides is 2. The van der Waals surface area contributed by atoms with E-state index in [-0.39, 0.29) is 23.1 Å². The zero-order valence-corrected chi connectivity index (χ0v) is 16.8. The Morgan fingerprint density at radius 1 is 1.07 bits per heavy atom. The lowest BCUT2D eigenvalue weighted by atomic mass is 10.1. The fraction of sp³-hybridized carbons (Fsp3) is 0.300. The first kappa shape index (κ1) is 23.7. The molecule has 2 N–H and O–H groups in total. The molecule has 2 aromatic rings. The summed E-state index contributed by atoms with van der Waals surface area (Å²) in [5.41, 5.74) is 1.44. The molecule has 0 atom stereocenters. The van der Waals surface area contributed by atoms with E-state index in [9.17, 15) is 22.8 Å². The molecule has 0 spiro atoms. The number of carbonyl (C=O) groups is 2. The van der Waals surface area contributed by atoms with Gasteiger partial charge in [-0.3, -0.25) is 9.59 Å². The Morgan fingerprint density at radius 2 is 1.77 bits per heavy atom. The van der Waals surface area contributed by atoms with Gasteiger partial charge in [0.2, 0.25) is 0 Å². The molecule has 0 bridgehead atoms. The average molecular weight is 445 g/mol. The van der Waals surface area contributed by atoms with E-state index in [0.717, 1.165) is 0 Å². The Hall–Kier alpha value is -2.62. The predicted molar refractivity (Wildman–Crippen MR) is 106 cm³/mol. The van der Waals surface area contributed by atoms with Gasteiger partial charge in [-0.05, 0) is 35.9 Å². The summed E-state index contributed by atoms with van der Waals surface area (Å²) in [7, 11) is 1.52. The molecule has 6 nitrogen and oxygen atoms in total. The number of methoxy groups -OCH3 is 1. The van der Waals surface area contributed by atoms with E-state index in [1.807, 2.05) is 0 Å². The first-order valence-corrected chi connectivity index (χ1v) is 9.19. The molecule has 0 radical (unpaired) electrons. The van der Waals surface area contributed by atoms with Crippen LogP contribution in [0.2, 0.25) is 5.02 Å². The molecule has 0 saturated heterocycles. The van der Waals surface area contributed by atoms with Crippen molar-refractivity contribution in [3.05, 3.63) is 64.2 Å². The van der Waals surface area contributed by atoms with Crippen molar-refractivity contribution in [3.8, 4) is 0 Å². The highest BCUT2D eigenvalue weighted by molar-refractivity contribution is 6.34. The van der Waals surface area contributed by atoms with Crippen molar-refractivity contribution in [3.63, 3.8) is 0 Å². The maximum absolute atomic E-state index is 12.3. The van der Waals surface area contributed by atoms with Crippen LogP contribution in [0.25, 0.3) is 0 Å². The van der Waals surface area contributed by atoms with E-state index in [1.165, 1.54) is 49.6 Å². The first-order valence-electron chi connectivity index (χ1n) is 8.81. The summed E-state index contributed by atoms with van der Waals surface area (Å²) in [5, 5.41) is 5.46. The minimum Gasteiger partial charge on any atom is -0.383 e. The molecular weight excluding hydrogens is 425 g/mol. The molecule has 2 aromatic carbocycles. The van der Waals surface area contributed by atoms with Gasteiger partial charge < -0.3 is 20.1 Å². The Kier molecular flexibility index (Phi) is 8.64. The highest BCUT2D eigenvalue weighted by Gasteiger charge is 2.27. The second kappa shape index (κ2) is 11.0. The number of ether oxygens (including phenoxy) is 2. The highest BCUT2D eigenvalue weighted by atomic mass is 35.5. The Balaban J connectivity index is 1.94. The average Bonchev–Trinajstić information content (AvgIpc) is 2.67. The molecule has 0 aromatic heterocycles. The molecule has 0 aliphatic carbocycles. The molecular formula is C20H20ClF3N2O4. The molecule has 0 fully saturated rings. The molecule has 0 unspecified atom stereocenters. The zero-order chi connectivity index (χ0) is 22.1. The number of halogens is 4. The highest BCUT2D eigenvalue weighted by Crippen LogP contribution is 2.22. The number of alkyl halides is 3. The summed E-state index contributed by atoms with van der Waals surface area (Å²) in [5.74, 6) is -0.802. The third-order valence-corrected chi connectivity index (χ3v) is 4.13. The quantitative estimate of drug-likeness (QED) is 0.572. The van der Waals surface area contributed by atoms with Crippen molar-refractivity contribution in [2.24, 2.45) is 0 Å². The standard InChI is InChI=1S/C20H20ClF3N2O4/c1-29-9-8-25-19(28)16-7-6-15(10-17(16)21)26-18(27)14-4-2-13(3-5-14)11-30-12-20(22,23)24/h2-7,10H,8-9,11-12H2,1H3,(H,25,28)(H,26,27). The molecule has 0 aliphatic heterocycles. The normalized spacial score (nSPS) is 11.2. The van der Waals surface area contributed by atoms with E-state index in [0.29, 0.717) is 30.0 Å². The van der Waals surface area contributed by atoms with Gasteiger partial charge in [-0.25, -0.2) is 0 Å². The van der Waals surface area contributed by atoms with Gasteiger partial charge in [0.15, 0.2) is 0 Å². The van der Waals surface area contributed by atoms with E-state index < -0.39 is 18.7 Å². The Labute approximate surface area is 176 Å². The van der Waals surface area contributed by atoms with Crippen LogP contribution < -0.4 is 10.6 Å². The van der Waals surface area contributed by atoms with E-state index >= 15 is 0 Å². The molecule has 0 saturated carbocycles. The van der Waals surface area contributed by atoms with Gasteiger partial charge in [-0.15, -0.1) is 0 Å². The van der Waals surface area contributed by atoms with Crippen LogP contribution in [0.1, 0.15) is 26.3 Å². The van der Waals surface area contributed by atoms with E-state index in [4.69, 9.17) is 16.3 Å². The fourth-order valence-corrected chi connectivity index (χ4v) is 2.65. The molecule has 10 heteroatoms. The number of hydrogen-bond acceptors (Lipinski definition) is 4. The first-order chi connectivity index (χ1) is 14.2. The van der Waals surface area contributed by atoms with Crippen LogP contribution in [0.4, 0.5) is 18.9 Å². The number of hydrogen-bond donors (Lipinski definition) is 2. The van der Waals surface area contributed by atoms with Crippen LogP contribution in [-0.4, -0.2) is 44.9 Å². The number of nitrogens with one attached hydrogen (secondary N) is 2. The number of rotatable bonds is 9. The molecule has 162 valence electrons. The Morgan fingerprint density at radius 3 is 2.37 bits per heavy atom. The smallest absolute Gasteiger partial charge is 0.383 e. The molecule has 30 heavy (non-hydrogen) atoms. The monoisotopic (exact) mass is 444 g/mol. The van der Waals surface area contributed by atoms with Crippen LogP contribution in [0.15, 0.2) is 42.5 Å². The number of anilines is 1. The topological polar surface area (TPSA) is 76.7 Å². The lowest BCUT2D eigenvalue weighted by molar-refractivity contribution is -0.176. The van der Waals surface area contributed by atoms with Crippen LogP contribution in [-0.2, 0) is 16.1 Å². The summed E-state index contributed by atoms with van der Waals surface area (Å²) in [4.78, 5) is 24.4. The van der Waals surface area contributed by atoms with Crippen LogP contribution in [0.3, 0.4) is 0 Å². The third kappa shape index (κ3) is 7.66. The van der Waals surface area contributed by atoms with Gasteiger partial charge in [0, 0.05) is 24.9 Å². The van der Waals surface area contributed by atoms with Crippen molar-refractivity contribution in [2.75, 3.05) is 32.2 Å². The summed E-state index contributed by atoms with van der Waals surface area (Å²) in [6.45, 7) is -0.854. The fourth-order valence-electron chi connectivity index (χ4n) is 2.38. The maximum Gasteiger partial charge on any atom is 0.411 e. The van der Waals surface area contributed by atoms with Gasteiger partial charge in [0.1, 0.15) is 6.61 Å². The lowest BCUT2D eigenvalue weighted by Crippen LogP contribution is -2.27. The van der Waals surface area contributed by atoms with E-state index in [2.05, 4.69) is 15.4 Å². The van der Waals surface area contributed by atoms with Gasteiger partial charge in [0.05, 0.1) is 23.8 Å². The van der Waals surface area contributed by atoms with Crippen molar-refractivity contribution < 1.29 is 32.2 Å². The zero-order valence-electron chi connectivity index (χ0n) is 16.0. The lowest BCUT2D eigenvalue weighted by Gasteiger charge is -2.10. The van der Waals surface area contributed by atoms with Gasteiger partial charge in [-0.1, -0.05) is 23.7 Å². The minimum atomic E-state index is -4.39. The molecule has 0 aliphatic rings. The maximum atomic E-state index is 12.3.